The Morgan fingerprint density at radius 2 is 2.12 bits per heavy atom. The molecule has 17 heavy (non-hydrogen) atoms. The summed E-state index contributed by atoms with van der Waals surface area (Å²) in [6, 6.07) is 4.00. The molecule has 0 unspecified atom stereocenters. The highest BCUT2D eigenvalue weighted by molar-refractivity contribution is 5.39. The molecule has 2 aromatic heterocycles. The van der Waals surface area contributed by atoms with Crippen LogP contribution in [0.25, 0.3) is 0 Å². The average Bonchev–Trinajstić information content (AvgIpc) is 2.81. The first-order valence-electron chi connectivity index (χ1n) is 5.33. The minimum Gasteiger partial charge on any atom is -0.368 e. The highest BCUT2D eigenvalue weighted by Crippen LogP contribution is 2.06. The van der Waals surface area contributed by atoms with Crippen LogP contribution in [-0.2, 0) is 6.42 Å². The van der Waals surface area contributed by atoms with Crippen molar-refractivity contribution in [3.05, 3.63) is 24.0 Å². The highest BCUT2D eigenvalue weighted by atomic mass is 15.2. The number of aromatic amines is 1. The number of nitrogen functional groups attached to an aromatic ring is 1. The fourth-order valence-electron chi connectivity index (χ4n) is 1.42. The lowest BCUT2D eigenvalue weighted by molar-refractivity contribution is 0.944. The van der Waals surface area contributed by atoms with Gasteiger partial charge in [0.05, 0.1) is 0 Å². The number of anilines is 3. The molecule has 0 aromatic carbocycles. The first-order valence-corrected chi connectivity index (χ1v) is 5.33. The number of H-pyrrole nitrogens is 1. The van der Waals surface area contributed by atoms with Crippen LogP contribution in [0.5, 0.6) is 0 Å². The molecule has 0 saturated carbocycles. The van der Waals surface area contributed by atoms with Crippen LogP contribution in [0.15, 0.2) is 18.3 Å². The lowest BCUT2D eigenvalue weighted by atomic mass is 10.3. The molecule has 90 valence electrons. The maximum Gasteiger partial charge on any atom is 0.229 e. The minimum atomic E-state index is 0.201. The lowest BCUT2D eigenvalue weighted by Gasteiger charge is -2.06. The van der Waals surface area contributed by atoms with E-state index >= 15 is 0 Å². The molecule has 2 rings (SSSR count). The van der Waals surface area contributed by atoms with E-state index in [0.717, 1.165) is 18.7 Å². The van der Waals surface area contributed by atoms with Gasteiger partial charge in [-0.1, -0.05) is 0 Å². The van der Waals surface area contributed by atoms with Crippen LogP contribution >= 0.6 is 0 Å². The second kappa shape index (κ2) is 5.15. The molecule has 0 radical (unpaired) electrons. The Bertz CT molecular complexity index is 466. The van der Waals surface area contributed by atoms with Crippen molar-refractivity contribution in [3.8, 4) is 0 Å². The summed E-state index contributed by atoms with van der Waals surface area (Å²) in [5.74, 6) is 1.14. The SMILES string of the molecule is CNc1nc(N)nc(NCCc2ccc[nH]2)n1. The van der Waals surface area contributed by atoms with E-state index in [9.17, 15) is 0 Å². The van der Waals surface area contributed by atoms with Gasteiger partial charge in [-0.05, 0) is 12.1 Å². The number of nitrogens with two attached hydrogens (primary N) is 1. The molecule has 0 spiro atoms. The molecule has 0 fully saturated rings. The van der Waals surface area contributed by atoms with Gasteiger partial charge < -0.3 is 21.4 Å². The monoisotopic (exact) mass is 233 g/mol. The number of hydrogen-bond donors (Lipinski definition) is 4. The number of nitrogens with one attached hydrogen (secondary N) is 3. The highest BCUT2D eigenvalue weighted by Gasteiger charge is 2.02. The maximum absolute atomic E-state index is 5.55. The molecule has 0 aliphatic heterocycles. The van der Waals surface area contributed by atoms with Crippen molar-refractivity contribution in [3.63, 3.8) is 0 Å². The second-order valence-electron chi connectivity index (χ2n) is 3.46. The van der Waals surface area contributed by atoms with E-state index in [-0.39, 0.29) is 5.95 Å². The third-order valence-electron chi connectivity index (χ3n) is 2.22. The van der Waals surface area contributed by atoms with Crippen molar-refractivity contribution in [1.29, 1.82) is 0 Å². The van der Waals surface area contributed by atoms with Crippen LogP contribution in [0.3, 0.4) is 0 Å². The Morgan fingerprint density at radius 1 is 1.29 bits per heavy atom. The predicted octanol–water partition coefficient (Wildman–Crippen LogP) is 0.478. The van der Waals surface area contributed by atoms with Crippen LogP contribution in [0.2, 0.25) is 0 Å². The number of hydrogen-bond acceptors (Lipinski definition) is 6. The summed E-state index contributed by atoms with van der Waals surface area (Å²) in [5.41, 5.74) is 6.71. The van der Waals surface area contributed by atoms with Crippen molar-refractivity contribution < 1.29 is 0 Å². The molecule has 0 aliphatic rings. The minimum absolute atomic E-state index is 0.201. The van der Waals surface area contributed by atoms with Crippen molar-refractivity contribution in [1.82, 2.24) is 19.9 Å². The van der Waals surface area contributed by atoms with E-state index in [4.69, 9.17) is 5.73 Å². The Labute approximate surface area is 98.9 Å². The average molecular weight is 233 g/mol. The first-order chi connectivity index (χ1) is 8.28. The molecule has 0 saturated heterocycles. The van der Waals surface area contributed by atoms with Crippen molar-refractivity contribution in [2.45, 2.75) is 6.42 Å². The van der Waals surface area contributed by atoms with E-state index < -0.39 is 0 Å². The lowest BCUT2D eigenvalue weighted by Crippen LogP contribution is -2.11. The van der Waals surface area contributed by atoms with Gasteiger partial charge in [0.15, 0.2) is 0 Å². The van der Waals surface area contributed by atoms with Gasteiger partial charge >= 0.3 is 0 Å². The molecule has 5 N–H and O–H groups in total. The van der Waals surface area contributed by atoms with Crippen LogP contribution in [0.1, 0.15) is 5.69 Å². The van der Waals surface area contributed by atoms with Crippen LogP contribution in [-0.4, -0.2) is 33.5 Å². The van der Waals surface area contributed by atoms with Crippen molar-refractivity contribution in [2.75, 3.05) is 30.0 Å². The molecule has 0 amide bonds. The van der Waals surface area contributed by atoms with Gasteiger partial charge in [-0.25, -0.2) is 0 Å². The second-order valence-corrected chi connectivity index (χ2v) is 3.46. The largest absolute Gasteiger partial charge is 0.368 e. The Balaban J connectivity index is 1.92. The molecule has 0 atom stereocenters. The van der Waals surface area contributed by atoms with E-state index in [2.05, 4.69) is 30.6 Å². The third-order valence-corrected chi connectivity index (χ3v) is 2.22. The van der Waals surface area contributed by atoms with Gasteiger partial charge in [-0.15, -0.1) is 0 Å². The van der Waals surface area contributed by atoms with E-state index in [0.29, 0.717) is 11.9 Å². The van der Waals surface area contributed by atoms with Gasteiger partial charge in [0.2, 0.25) is 17.8 Å². The smallest absolute Gasteiger partial charge is 0.229 e. The molecular formula is C10H15N7. The Kier molecular flexibility index (Phi) is 3.39. The number of rotatable bonds is 5. The van der Waals surface area contributed by atoms with Crippen LogP contribution < -0.4 is 16.4 Å². The fraction of sp³-hybridized carbons (Fsp3) is 0.300. The van der Waals surface area contributed by atoms with E-state index in [1.807, 2.05) is 18.3 Å². The summed E-state index contributed by atoms with van der Waals surface area (Å²) in [6.45, 7) is 0.729. The van der Waals surface area contributed by atoms with Crippen molar-refractivity contribution in [2.24, 2.45) is 0 Å². The maximum atomic E-state index is 5.55. The first kappa shape index (κ1) is 11.2. The molecule has 0 aliphatic carbocycles. The van der Waals surface area contributed by atoms with Crippen LogP contribution in [0.4, 0.5) is 17.8 Å². The normalized spacial score (nSPS) is 10.2. The predicted molar refractivity (Wildman–Crippen MR) is 66.8 cm³/mol. The van der Waals surface area contributed by atoms with Gasteiger partial charge in [-0.2, -0.15) is 15.0 Å². The summed E-state index contributed by atoms with van der Waals surface area (Å²) in [5, 5.41) is 5.92. The standard InChI is InChI=1S/C10H15N7/c1-12-9-15-8(11)16-10(17-9)14-6-4-7-3-2-5-13-7/h2-3,5,13H,4,6H2,1H3,(H4,11,12,14,15,16,17). The summed E-state index contributed by atoms with van der Waals surface area (Å²) < 4.78 is 0. The van der Waals surface area contributed by atoms with E-state index in [1.54, 1.807) is 7.05 Å². The van der Waals surface area contributed by atoms with Gasteiger partial charge in [-0.3, -0.25) is 0 Å². The van der Waals surface area contributed by atoms with E-state index in [1.165, 1.54) is 0 Å². The summed E-state index contributed by atoms with van der Waals surface area (Å²) in [6.07, 6.45) is 2.77. The molecule has 7 heteroatoms. The quantitative estimate of drug-likeness (QED) is 0.598. The zero-order chi connectivity index (χ0) is 12.1. The summed E-state index contributed by atoms with van der Waals surface area (Å²) in [4.78, 5) is 15.2. The van der Waals surface area contributed by atoms with Crippen molar-refractivity contribution >= 4 is 17.8 Å². The van der Waals surface area contributed by atoms with Gasteiger partial charge in [0.1, 0.15) is 0 Å². The fourth-order valence-corrected chi connectivity index (χ4v) is 1.42. The molecule has 0 bridgehead atoms. The summed E-state index contributed by atoms with van der Waals surface area (Å²) in [7, 11) is 1.73. The summed E-state index contributed by atoms with van der Waals surface area (Å²) >= 11 is 0. The molecule has 2 heterocycles. The number of nitrogens with zero attached hydrogens (tertiary/aromatic N) is 3. The van der Waals surface area contributed by atoms with Crippen LogP contribution in [0, 0.1) is 0 Å². The zero-order valence-corrected chi connectivity index (χ0v) is 9.57. The third kappa shape index (κ3) is 3.07. The molecule has 2 aromatic rings. The molecule has 7 nitrogen and oxygen atoms in total. The molecular weight excluding hydrogens is 218 g/mol. The Morgan fingerprint density at radius 3 is 2.82 bits per heavy atom. The van der Waals surface area contributed by atoms with Gasteiger partial charge in [0, 0.05) is 31.9 Å². The Hall–Kier alpha value is -2.31. The number of aromatic nitrogens is 4. The van der Waals surface area contributed by atoms with Gasteiger partial charge in [0.25, 0.3) is 0 Å². The zero-order valence-electron chi connectivity index (χ0n) is 9.57. The topological polar surface area (TPSA) is 105 Å².